The van der Waals surface area contributed by atoms with Gasteiger partial charge in [-0.3, -0.25) is 0 Å². The van der Waals surface area contributed by atoms with Gasteiger partial charge in [0.15, 0.2) is 9.84 Å². The number of nitrogens with zero attached hydrogens (tertiary/aromatic N) is 1. The Hall–Kier alpha value is -0.850. The highest BCUT2D eigenvalue weighted by atomic mass is 79.9. The van der Waals surface area contributed by atoms with Gasteiger partial charge >= 0.3 is 0 Å². The van der Waals surface area contributed by atoms with E-state index in [2.05, 4.69) is 26.9 Å². The fraction of sp³-hybridized carbons (Fsp3) is 0.286. The number of hydrogen-bond acceptors (Lipinski definition) is 4. The van der Waals surface area contributed by atoms with Crippen molar-refractivity contribution in [3.05, 3.63) is 44.6 Å². The zero-order valence-corrected chi connectivity index (χ0v) is 14.2. The van der Waals surface area contributed by atoms with Crippen LogP contribution in [0, 0.1) is 0 Å². The molecular formula is C14H14BrNO2S2. The first kappa shape index (κ1) is 14.1. The van der Waals surface area contributed by atoms with Crippen molar-refractivity contribution in [1.82, 2.24) is 0 Å². The average Bonchev–Trinajstić information content (AvgIpc) is 2.77. The van der Waals surface area contributed by atoms with E-state index in [1.165, 1.54) is 20.5 Å². The van der Waals surface area contributed by atoms with E-state index in [4.69, 9.17) is 0 Å². The summed E-state index contributed by atoms with van der Waals surface area (Å²) >= 11 is 5.31. The number of anilines is 1. The maximum absolute atomic E-state index is 11.5. The Labute approximate surface area is 131 Å². The summed E-state index contributed by atoms with van der Waals surface area (Å²) in [7, 11) is -3.12. The van der Waals surface area contributed by atoms with Gasteiger partial charge in [-0.1, -0.05) is 0 Å². The molecule has 1 aliphatic heterocycles. The predicted molar refractivity (Wildman–Crippen MR) is 86.3 cm³/mol. The second-order valence-electron chi connectivity index (χ2n) is 4.94. The summed E-state index contributed by atoms with van der Waals surface area (Å²) in [5.41, 5.74) is 2.50. The first-order valence-electron chi connectivity index (χ1n) is 6.25. The molecule has 3 nitrogen and oxygen atoms in total. The van der Waals surface area contributed by atoms with E-state index in [1.54, 1.807) is 23.5 Å². The summed E-state index contributed by atoms with van der Waals surface area (Å²) in [6.45, 7) is 1.86. The monoisotopic (exact) mass is 371 g/mol. The molecule has 0 aliphatic carbocycles. The number of hydrogen-bond donors (Lipinski definition) is 0. The van der Waals surface area contributed by atoms with Crippen molar-refractivity contribution in [2.24, 2.45) is 0 Å². The molecule has 0 unspecified atom stereocenters. The average molecular weight is 372 g/mol. The van der Waals surface area contributed by atoms with Crippen LogP contribution < -0.4 is 4.90 Å². The van der Waals surface area contributed by atoms with Crippen molar-refractivity contribution >= 4 is 42.8 Å². The van der Waals surface area contributed by atoms with Crippen LogP contribution in [-0.2, 0) is 22.8 Å². The number of halogens is 1. The number of fused-ring (bicyclic) bond motifs is 1. The highest BCUT2D eigenvalue weighted by Crippen LogP contribution is 2.33. The summed E-state index contributed by atoms with van der Waals surface area (Å²) < 4.78 is 24.1. The van der Waals surface area contributed by atoms with E-state index < -0.39 is 9.84 Å². The molecule has 0 radical (unpaired) electrons. The van der Waals surface area contributed by atoms with Crippen LogP contribution in [0.4, 0.5) is 5.69 Å². The standard InChI is InChI=1S/C14H14BrNO2S2/c1-20(17,18)12-4-2-11(3-5-12)16-7-6-10-8-14(15)19-13(10)9-16/h2-5,8H,6-7,9H2,1H3. The van der Waals surface area contributed by atoms with Gasteiger partial charge in [-0.25, -0.2) is 8.42 Å². The molecule has 2 aromatic rings. The van der Waals surface area contributed by atoms with Crippen LogP contribution in [0.2, 0.25) is 0 Å². The molecule has 0 fully saturated rings. The van der Waals surface area contributed by atoms with Gasteiger partial charge in [0.1, 0.15) is 0 Å². The normalized spacial score (nSPS) is 15.2. The lowest BCUT2D eigenvalue weighted by atomic mass is 10.1. The van der Waals surface area contributed by atoms with Crippen LogP contribution >= 0.6 is 27.3 Å². The first-order chi connectivity index (χ1) is 9.43. The third-order valence-electron chi connectivity index (χ3n) is 3.48. The summed E-state index contributed by atoms with van der Waals surface area (Å²) in [4.78, 5) is 4.05. The van der Waals surface area contributed by atoms with Gasteiger partial charge < -0.3 is 4.90 Å². The molecule has 1 aliphatic rings. The fourth-order valence-corrected chi connectivity index (χ4v) is 4.85. The molecule has 0 atom stereocenters. The molecule has 1 aromatic carbocycles. The first-order valence-corrected chi connectivity index (χ1v) is 9.76. The second-order valence-corrected chi connectivity index (χ2v) is 9.47. The number of sulfone groups is 1. The minimum atomic E-state index is -3.12. The van der Waals surface area contributed by atoms with Crippen molar-refractivity contribution in [1.29, 1.82) is 0 Å². The van der Waals surface area contributed by atoms with E-state index in [0.29, 0.717) is 4.90 Å². The molecule has 0 spiro atoms. The van der Waals surface area contributed by atoms with Crippen molar-refractivity contribution in [2.45, 2.75) is 17.9 Å². The van der Waals surface area contributed by atoms with Gasteiger partial charge in [0.2, 0.25) is 0 Å². The predicted octanol–water partition coefficient (Wildman–Crippen LogP) is 3.48. The summed E-state index contributed by atoms with van der Waals surface area (Å²) in [5.74, 6) is 0. The molecule has 0 saturated carbocycles. The maximum Gasteiger partial charge on any atom is 0.175 e. The molecule has 1 aromatic heterocycles. The second kappa shape index (κ2) is 5.16. The molecule has 0 bridgehead atoms. The molecule has 3 rings (SSSR count). The number of rotatable bonds is 2. The molecule has 20 heavy (non-hydrogen) atoms. The Balaban J connectivity index is 1.84. The minimum Gasteiger partial charge on any atom is -0.366 e. The molecular weight excluding hydrogens is 358 g/mol. The third kappa shape index (κ3) is 2.77. The SMILES string of the molecule is CS(=O)(=O)c1ccc(N2CCc3cc(Br)sc3C2)cc1. The Bertz CT molecular complexity index is 735. The summed E-state index contributed by atoms with van der Waals surface area (Å²) in [6.07, 6.45) is 2.27. The zero-order valence-electron chi connectivity index (χ0n) is 11.0. The van der Waals surface area contributed by atoms with Crippen LogP contribution in [0.25, 0.3) is 0 Å². The van der Waals surface area contributed by atoms with Crippen LogP contribution in [0.5, 0.6) is 0 Å². The lowest BCUT2D eigenvalue weighted by Crippen LogP contribution is -2.29. The van der Waals surface area contributed by atoms with Crippen molar-refractivity contribution in [2.75, 3.05) is 17.7 Å². The van der Waals surface area contributed by atoms with Gasteiger partial charge in [-0.05, 0) is 58.2 Å². The van der Waals surface area contributed by atoms with Crippen molar-refractivity contribution in [3.8, 4) is 0 Å². The maximum atomic E-state index is 11.5. The molecule has 0 amide bonds. The molecule has 0 N–H and O–H groups in total. The van der Waals surface area contributed by atoms with E-state index in [0.717, 1.165) is 25.2 Å². The molecule has 2 heterocycles. The topological polar surface area (TPSA) is 37.4 Å². The van der Waals surface area contributed by atoms with Gasteiger partial charge in [0.25, 0.3) is 0 Å². The minimum absolute atomic E-state index is 0.373. The summed E-state index contributed by atoms with van der Waals surface area (Å²) in [5, 5.41) is 0. The van der Waals surface area contributed by atoms with E-state index in [1.807, 2.05) is 12.1 Å². The van der Waals surface area contributed by atoms with Gasteiger partial charge in [0, 0.05) is 23.4 Å². The smallest absolute Gasteiger partial charge is 0.175 e. The highest BCUT2D eigenvalue weighted by molar-refractivity contribution is 9.11. The van der Waals surface area contributed by atoms with Gasteiger partial charge in [0.05, 0.1) is 15.2 Å². The molecule has 6 heteroatoms. The summed E-state index contributed by atoms with van der Waals surface area (Å²) in [6, 6.07) is 9.35. The van der Waals surface area contributed by atoms with Crippen LogP contribution in [-0.4, -0.2) is 21.2 Å². The van der Waals surface area contributed by atoms with Crippen molar-refractivity contribution in [3.63, 3.8) is 0 Å². The third-order valence-corrected chi connectivity index (χ3v) is 6.28. The lowest BCUT2D eigenvalue weighted by molar-refractivity contribution is 0.602. The van der Waals surface area contributed by atoms with Gasteiger partial charge in [-0.15, -0.1) is 11.3 Å². The Morgan fingerprint density at radius 2 is 1.95 bits per heavy atom. The molecule has 0 saturated heterocycles. The number of thiophene rings is 1. The van der Waals surface area contributed by atoms with E-state index in [-0.39, 0.29) is 0 Å². The Kier molecular flexibility index (Phi) is 3.64. The van der Waals surface area contributed by atoms with E-state index in [9.17, 15) is 8.42 Å². The molecule has 106 valence electrons. The van der Waals surface area contributed by atoms with Crippen molar-refractivity contribution < 1.29 is 8.42 Å². The largest absolute Gasteiger partial charge is 0.366 e. The van der Waals surface area contributed by atoms with Crippen LogP contribution in [0.1, 0.15) is 10.4 Å². The zero-order chi connectivity index (χ0) is 14.3. The van der Waals surface area contributed by atoms with Crippen LogP contribution in [0.15, 0.2) is 39.0 Å². The Morgan fingerprint density at radius 3 is 2.60 bits per heavy atom. The van der Waals surface area contributed by atoms with Crippen LogP contribution in [0.3, 0.4) is 0 Å². The van der Waals surface area contributed by atoms with Gasteiger partial charge in [-0.2, -0.15) is 0 Å². The lowest BCUT2D eigenvalue weighted by Gasteiger charge is -2.29. The quantitative estimate of drug-likeness (QED) is 0.810. The highest BCUT2D eigenvalue weighted by Gasteiger charge is 2.19. The Morgan fingerprint density at radius 1 is 1.25 bits per heavy atom. The fourth-order valence-electron chi connectivity index (χ4n) is 2.41. The van der Waals surface area contributed by atoms with E-state index >= 15 is 0 Å². The number of benzene rings is 1.